The third kappa shape index (κ3) is 5.18. The molecule has 1 aromatic carbocycles. The molecule has 0 saturated heterocycles. The van der Waals surface area contributed by atoms with Gasteiger partial charge in [0.1, 0.15) is 5.82 Å². The maximum atomic E-state index is 12.8. The average Bonchev–Trinajstić information content (AvgIpc) is 2.25. The van der Waals surface area contributed by atoms with Crippen molar-refractivity contribution in [2.24, 2.45) is 11.7 Å². The molecule has 6 heteroatoms. The first-order valence-electron chi connectivity index (χ1n) is 4.98. The van der Waals surface area contributed by atoms with Gasteiger partial charge in [-0.15, -0.1) is 12.4 Å². The summed E-state index contributed by atoms with van der Waals surface area (Å²) < 4.78 is 13.4. The molecule has 0 bridgehead atoms. The molecule has 0 fully saturated rings. The molecule has 1 unspecified atom stereocenters. The van der Waals surface area contributed by atoms with Crippen LogP contribution in [-0.2, 0) is 0 Å². The van der Waals surface area contributed by atoms with Gasteiger partial charge in [0, 0.05) is 10.1 Å². The molecule has 0 spiro atoms. The van der Waals surface area contributed by atoms with E-state index in [4.69, 9.17) is 5.73 Å². The van der Waals surface area contributed by atoms with E-state index in [0.29, 0.717) is 22.2 Å². The zero-order valence-electron chi connectivity index (χ0n) is 9.37. The molecule has 0 aliphatic rings. The lowest BCUT2D eigenvalue weighted by atomic mass is 10.1. The summed E-state index contributed by atoms with van der Waals surface area (Å²) in [5.41, 5.74) is 5.94. The van der Waals surface area contributed by atoms with E-state index in [2.05, 4.69) is 5.32 Å². The molecule has 1 atom stereocenters. The van der Waals surface area contributed by atoms with Gasteiger partial charge in [-0.2, -0.15) is 0 Å². The fraction of sp³-hybridized carbons (Fsp3) is 0.364. The van der Waals surface area contributed by atoms with Gasteiger partial charge < -0.3 is 11.1 Å². The van der Waals surface area contributed by atoms with Crippen molar-refractivity contribution in [1.29, 1.82) is 0 Å². The molecule has 17 heavy (non-hydrogen) atoms. The van der Waals surface area contributed by atoms with Crippen molar-refractivity contribution in [1.82, 2.24) is 5.32 Å². The van der Waals surface area contributed by atoms with Gasteiger partial charge in [-0.05, 0) is 53.3 Å². The number of amides is 1. The summed E-state index contributed by atoms with van der Waals surface area (Å²) in [7, 11) is 0. The van der Waals surface area contributed by atoms with Crippen LogP contribution in [0.25, 0.3) is 0 Å². The Kier molecular flexibility index (Phi) is 7.65. The summed E-state index contributed by atoms with van der Waals surface area (Å²) >= 11 is 1.94. The Bertz CT molecular complexity index is 390. The summed E-state index contributed by atoms with van der Waals surface area (Å²) in [5.74, 6) is -0.289. The van der Waals surface area contributed by atoms with E-state index in [1.807, 2.05) is 29.5 Å². The second kappa shape index (κ2) is 7.84. The highest BCUT2D eigenvalue weighted by Crippen LogP contribution is 2.13. The highest BCUT2D eigenvalue weighted by atomic mass is 127. The van der Waals surface area contributed by atoms with E-state index < -0.39 is 0 Å². The van der Waals surface area contributed by atoms with Crippen molar-refractivity contribution in [3.05, 3.63) is 33.1 Å². The van der Waals surface area contributed by atoms with Gasteiger partial charge in [0.15, 0.2) is 0 Å². The molecule has 0 aromatic heterocycles. The predicted octanol–water partition coefficient (Wildman–Crippen LogP) is 2.18. The van der Waals surface area contributed by atoms with Crippen LogP contribution in [0.4, 0.5) is 4.39 Å². The van der Waals surface area contributed by atoms with Gasteiger partial charge in [0.2, 0.25) is 0 Å². The topological polar surface area (TPSA) is 55.1 Å². The van der Waals surface area contributed by atoms with Crippen LogP contribution in [0.5, 0.6) is 0 Å². The lowest BCUT2D eigenvalue weighted by molar-refractivity contribution is 0.0947. The van der Waals surface area contributed by atoms with E-state index in [-0.39, 0.29) is 30.0 Å². The zero-order chi connectivity index (χ0) is 12.1. The molecule has 3 nitrogen and oxygen atoms in total. The van der Waals surface area contributed by atoms with Gasteiger partial charge in [-0.25, -0.2) is 4.39 Å². The fourth-order valence-corrected chi connectivity index (χ4v) is 1.84. The molecule has 0 saturated carbocycles. The Hall–Kier alpha value is -0.400. The first-order valence-corrected chi connectivity index (χ1v) is 6.05. The van der Waals surface area contributed by atoms with E-state index in [1.54, 1.807) is 0 Å². The Morgan fingerprint density at radius 2 is 2.24 bits per heavy atom. The minimum atomic E-state index is -0.337. The van der Waals surface area contributed by atoms with Crippen molar-refractivity contribution in [3.8, 4) is 0 Å². The molecule has 0 radical (unpaired) electrons. The van der Waals surface area contributed by atoms with Gasteiger partial charge in [-0.3, -0.25) is 4.79 Å². The Balaban J connectivity index is 0.00000256. The van der Waals surface area contributed by atoms with Gasteiger partial charge >= 0.3 is 0 Å². The van der Waals surface area contributed by atoms with E-state index >= 15 is 0 Å². The number of carbonyl (C=O) groups is 1. The van der Waals surface area contributed by atoms with Crippen molar-refractivity contribution in [2.45, 2.75) is 6.92 Å². The van der Waals surface area contributed by atoms with Crippen LogP contribution in [-0.4, -0.2) is 19.0 Å². The molecule has 0 aliphatic carbocycles. The highest BCUT2D eigenvalue weighted by molar-refractivity contribution is 14.1. The van der Waals surface area contributed by atoms with Crippen molar-refractivity contribution in [2.75, 3.05) is 13.1 Å². The first kappa shape index (κ1) is 16.6. The van der Waals surface area contributed by atoms with E-state index in [1.165, 1.54) is 18.2 Å². The van der Waals surface area contributed by atoms with Crippen LogP contribution in [0.15, 0.2) is 18.2 Å². The minimum absolute atomic E-state index is 0. The van der Waals surface area contributed by atoms with Crippen LogP contribution in [0.3, 0.4) is 0 Å². The fourth-order valence-electron chi connectivity index (χ4n) is 1.12. The summed E-state index contributed by atoms with van der Waals surface area (Å²) in [6.45, 7) is 3.01. The maximum Gasteiger partial charge on any atom is 0.252 e. The van der Waals surface area contributed by atoms with Gasteiger partial charge in [0.25, 0.3) is 5.91 Å². The van der Waals surface area contributed by atoms with Gasteiger partial charge in [-0.1, -0.05) is 6.92 Å². The molecule has 96 valence electrons. The second-order valence-corrected chi connectivity index (χ2v) is 4.84. The summed E-state index contributed by atoms with van der Waals surface area (Å²) in [6.07, 6.45) is 0. The third-order valence-electron chi connectivity index (χ3n) is 2.19. The number of hydrogen-bond acceptors (Lipinski definition) is 2. The lowest BCUT2D eigenvalue weighted by Gasteiger charge is -2.10. The zero-order valence-corrected chi connectivity index (χ0v) is 12.3. The predicted molar refractivity (Wildman–Crippen MR) is 76.9 cm³/mol. The lowest BCUT2D eigenvalue weighted by Crippen LogP contribution is -2.31. The second-order valence-electron chi connectivity index (χ2n) is 3.68. The number of carbonyl (C=O) groups excluding carboxylic acids is 1. The standard InChI is InChI=1S/C11H14FIN2O.ClH/c1-7(5-14)6-15-11(16)9-3-2-8(12)4-10(9)13;/h2-4,7H,5-6,14H2,1H3,(H,15,16);1H. The van der Waals surface area contributed by atoms with Crippen LogP contribution < -0.4 is 11.1 Å². The number of nitrogens with two attached hydrogens (primary N) is 1. The molecular weight excluding hydrogens is 357 g/mol. The van der Waals surface area contributed by atoms with Crippen molar-refractivity contribution < 1.29 is 9.18 Å². The quantitative estimate of drug-likeness (QED) is 0.796. The molecule has 0 aliphatic heterocycles. The summed E-state index contributed by atoms with van der Waals surface area (Å²) in [4.78, 5) is 11.7. The van der Waals surface area contributed by atoms with Crippen LogP contribution >= 0.6 is 35.0 Å². The first-order chi connectivity index (χ1) is 7.54. The molecule has 1 rings (SSSR count). The van der Waals surface area contributed by atoms with Crippen LogP contribution in [0, 0.1) is 15.3 Å². The molecule has 3 N–H and O–H groups in total. The average molecular weight is 373 g/mol. The Labute approximate surface area is 120 Å². The SMILES string of the molecule is CC(CN)CNC(=O)c1ccc(F)cc1I.Cl. The normalized spacial score (nSPS) is 11.5. The Morgan fingerprint density at radius 3 is 2.76 bits per heavy atom. The van der Waals surface area contributed by atoms with E-state index in [9.17, 15) is 9.18 Å². The number of rotatable bonds is 4. The van der Waals surface area contributed by atoms with Crippen molar-refractivity contribution in [3.63, 3.8) is 0 Å². The highest BCUT2D eigenvalue weighted by Gasteiger charge is 2.11. The minimum Gasteiger partial charge on any atom is -0.352 e. The molecule has 1 aromatic rings. The smallest absolute Gasteiger partial charge is 0.252 e. The monoisotopic (exact) mass is 372 g/mol. The molecule has 1 amide bonds. The summed E-state index contributed by atoms with van der Waals surface area (Å²) in [5, 5.41) is 2.76. The number of halogens is 3. The van der Waals surface area contributed by atoms with Gasteiger partial charge in [0.05, 0.1) is 5.56 Å². The number of nitrogens with one attached hydrogen (secondary N) is 1. The number of hydrogen-bond donors (Lipinski definition) is 2. The molecular formula is C11H15ClFIN2O. The third-order valence-corrected chi connectivity index (χ3v) is 3.08. The summed E-state index contributed by atoms with van der Waals surface area (Å²) in [6, 6.07) is 4.10. The number of benzene rings is 1. The molecule has 0 heterocycles. The van der Waals surface area contributed by atoms with Crippen LogP contribution in [0.1, 0.15) is 17.3 Å². The van der Waals surface area contributed by atoms with Crippen LogP contribution in [0.2, 0.25) is 0 Å². The largest absolute Gasteiger partial charge is 0.352 e. The van der Waals surface area contributed by atoms with Crippen molar-refractivity contribution >= 4 is 40.9 Å². The Morgan fingerprint density at radius 1 is 1.59 bits per heavy atom. The van der Waals surface area contributed by atoms with E-state index in [0.717, 1.165) is 0 Å². The maximum absolute atomic E-state index is 12.8.